The molecule has 4 aromatic rings. The van der Waals surface area contributed by atoms with E-state index in [0.29, 0.717) is 0 Å². The zero-order chi connectivity index (χ0) is 19.8. The maximum absolute atomic E-state index is 4.63. The predicted octanol–water partition coefficient (Wildman–Crippen LogP) is 5.16. The van der Waals surface area contributed by atoms with Gasteiger partial charge >= 0.3 is 0 Å². The van der Waals surface area contributed by atoms with Gasteiger partial charge in [0.2, 0.25) is 0 Å². The van der Waals surface area contributed by atoms with E-state index in [1.165, 1.54) is 52.5 Å². The van der Waals surface area contributed by atoms with Crippen molar-refractivity contribution in [2.45, 2.75) is 12.8 Å². The minimum absolute atomic E-state index is 0.804. The molecule has 1 fully saturated rings. The lowest BCUT2D eigenvalue weighted by molar-refractivity contribution is 0.285. The fraction of sp³-hybridized carbons (Fsp3) is 0.320. The van der Waals surface area contributed by atoms with E-state index in [4.69, 9.17) is 0 Å². The van der Waals surface area contributed by atoms with Crippen LogP contribution in [0.1, 0.15) is 12.8 Å². The van der Waals surface area contributed by atoms with E-state index in [2.05, 4.69) is 82.4 Å². The molecule has 0 radical (unpaired) electrons. The molecule has 1 aliphatic heterocycles. The van der Waals surface area contributed by atoms with Gasteiger partial charge in [-0.3, -0.25) is 4.98 Å². The molecular formula is C25H28N4. The second kappa shape index (κ2) is 7.53. The van der Waals surface area contributed by atoms with Crippen LogP contribution in [0.4, 0.5) is 5.69 Å². The predicted molar refractivity (Wildman–Crippen MR) is 123 cm³/mol. The van der Waals surface area contributed by atoms with Crippen LogP contribution in [0, 0.1) is 5.92 Å². The molecule has 0 bridgehead atoms. The smallest absolute Gasteiger partial charge is 0.0723 e. The Kier molecular flexibility index (Phi) is 4.72. The number of hydrogen-bond donors (Lipinski definition) is 1. The number of nitrogens with one attached hydrogen (secondary N) is 1. The van der Waals surface area contributed by atoms with Gasteiger partial charge in [0.05, 0.1) is 5.52 Å². The first-order valence-corrected chi connectivity index (χ1v) is 10.5. The summed E-state index contributed by atoms with van der Waals surface area (Å²) in [5, 5.41) is 2.50. The Morgan fingerprint density at radius 1 is 1.00 bits per heavy atom. The van der Waals surface area contributed by atoms with E-state index in [1.807, 2.05) is 12.4 Å². The Morgan fingerprint density at radius 2 is 1.79 bits per heavy atom. The van der Waals surface area contributed by atoms with E-state index < -0.39 is 0 Å². The van der Waals surface area contributed by atoms with Crippen molar-refractivity contribution < 1.29 is 0 Å². The average Bonchev–Trinajstić information content (AvgIpc) is 3.21. The molecule has 4 heteroatoms. The topological polar surface area (TPSA) is 35.2 Å². The number of piperidine rings is 1. The summed E-state index contributed by atoms with van der Waals surface area (Å²) in [4.78, 5) is 12.8. The lowest BCUT2D eigenvalue weighted by Crippen LogP contribution is -2.37. The molecule has 0 amide bonds. The number of anilines is 1. The zero-order valence-corrected chi connectivity index (χ0v) is 17.2. The molecular weight excluding hydrogens is 356 g/mol. The van der Waals surface area contributed by atoms with Gasteiger partial charge in [-0.2, -0.15) is 0 Å². The standard InChI is InChI=1S/C25H28N4/c1-28(2)17-18-9-13-29(14-10-18)25-8-12-27-24-6-4-20(16-22(24)25)19-3-5-23-21(15-19)7-11-26-23/h3-8,11-12,15-16,18,26H,9-10,13-14,17H2,1-2H3. The molecule has 3 heterocycles. The number of fused-ring (bicyclic) bond motifs is 2. The molecule has 0 atom stereocenters. The third kappa shape index (κ3) is 3.60. The van der Waals surface area contributed by atoms with Crippen LogP contribution >= 0.6 is 0 Å². The Balaban J connectivity index is 1.48. The van der Waals surface area contributed by atoms with Gasteiger partial charge < -0.3 is 14.8 Å². The third-order valence-corrected chi connectivity index (χ3v) is 6.18. The molecule has 1 saturated heterocycles. The summed E-state index contributed by atoms with van der Waals surface area (Å²) < 4.78 is 0. The molecule has 0 aliphatic carbocycles. The van der Waals surface area contributed by atoms with Gasteiger partial charge in [0.25, 0.3) is 0 Å². The van der Waals surface area contributed by atoms with Crippen molar-refractivity contribution in [1.29, 1.82) is 0 Å². The van der Waals surface area contributed by atoms with Crippen LogP contribution in [0.5, 0.6) is 0 Å². The van der Waals surface area contributed by atoms with Crippen molar-refractivity contribution >= 4 is 27.5 Å². The Bertz CT molecular complexity index is 1140. The first-order chi connectivity index (χ1) is 14.2. The molecule has 2 aromatic carbocycles. The number of benzene rings is 2. The summed E-state index contributed by atoms with van der Waals surface area (Å²) in [7, 11) is 4.35. The summed E-state index contributed by atoms with van der Waals surface area (Å²) >= 11 is 0. The van der Waals surface area contributed by atoms with Gasteiger partial charge in [-0.25, -0.2) is 0 Å². The lowest BCUT2D eigenvalue weighted by atomic mass is 9.95. The maximum Gasteiger partial charge on any atom is 0.0723 e. The fourth-order valence-electron chi connectivity index (χ4n) is 4.69. The van der Waals surface area contributed by atoms with Crippen molar-refractivity contribution in [3.63, 3.8) is 0 Å². The second-order valence-corrected chi connectivity index (χ2v) is 8.53. The number of hydrogen-bond acceptors (Lipinski definition) is 3. The maximum atomic E-state index is 4.63. The Labute approximate surface area is 172 Å². The van der Waals surface area contributed by atoms with Crippen molar-refractivity contribution in [3.8, 4) is 11.1 Å². The van der Waals surface area contributed by atoms with Gasteiger partial charge in [-0.15, -0.1) is 0 Å². The van der Waals surface area contributed by atoms with Crippen molar-refractivity contribution in [3.05, 3.63) is 60.9 Å². The van der Waals surface area contributed by atoms with E-state index in [1.54, 1.807) is 0 Å². The third-order valence-electron chi connectivity index (χ3n) is 6.18. The zero-order valence-electron chi connectivity index (χ0n) is 17.2. The normalized spacial score (nSPS) is 15.6. The van der Waals surface area contributed by atoms with Crippen LogP contribution in [-0.4, -0.2) is 48.6 Å². The van der Waals surface area contributed by atoms with Gasteiger partial charge in [-0.1, -0.05) is 12.1 Å². The number of pyridine rings is 1. The first-order valence-electron chi connectivity index (χ1n) is 10.5. The molecule has 1 N–H and O–H groups in total. The van der Waals surface area contributed by atoms with E-state index in [0.717, 1.165) is 24.5 Å². The Morgan fingerprint density at radius 3 is 2.62 bits per heavy atom. The summed E-state index contributed by atoms with van der Waals surface area (Å²) in [6.45, 7) is 3.44. The van der Waals surface area contributed by atoms with Crippen LogP contribution in [0.3, 0.4) is 0 Å². The molecule has 4 nitrogen and oxygen atoms in total. The minimum Gasteiger partial charge on any atom is -0.371 e. The first kappa shape index (κ1) is 18.2. The van der Waals surface area contributed by atoms with Crippen molar-refractivity contribution in [2.75, 3.05) is 38.6 Å². The fourth-order valence-corrected chi connectivity index (χ4v) is 4.69. The van der Waals surface area contributed by atoms with Gasteiger partial charge in [0.15, 0.2) is 0 Å². The van der Waals surface area contributed by atoms with Crippen LogP contribution in [0.25, 0.3) is 32.9 Å². The Hall–Kier alpha value is -2.85. The van der Waals surface area contributed by atoms with Crippen molar-refractivity contribution in [2.24, 2.45) is 5.92 Å². The summed E-state index contributed by atoms with van der Waals surface area (Å²) in [6.07, 6.45) is 6.46. The summed E-state index contributed by atoms with van der Waals surface area (Å²) in [6, 6.07) is 17.6. The molecule has 148 valence electrons. The highest BCUT2D eigenvalue weighted by Gasteiger charge is 2.21. The molecule has 2 aromatic heterocycles. The second-order valence-electron chi connectivity index (χ2n) is 8.53. The molecule has 1 aliphatic rings. The summed E-state index contributed by atoms with van der Waals surface area (Å²) in [5.41, 5.74) is 6.07. The average molecular weight is 385 g/mol. The number of H-pyrrole nitrogens is 1. The van der Waals surface area contributed by atoms with E-state index >= 15 is 0 Å². The number of rotatable bonds is 4. The summed E-state index contributed by atoms with van der Waals surface area (Å²) in [5.74, 6) is 0.804. The van der Waals surface area contributed by atoms with Gasteiger partial charge in [-0.05, 0) is 85.8 Å². The number of aromatic nitrogens is 2. The highest BCUT2D eigenvalue weighted by atomic mass is 15.1. The minimum atomic E-state index is 0.804. The lowest BCUT2D eigenvalue weighted by Gasteiger charge is -2.35. The quantitative estimate of drug-likeness (QED) is 0.528. The van der Waals surface area contributed by atoms with Gasteiger partial charge in [0.1, 0.15) is 0 Å². The van der Waals surface area contributed by atoms with Crippen LogP contribution in [-0.2, 0) is 0 Å². The van der Waals surface area contributed by atoms with E-state index in [9.17, 15) is 0 Å². The largest absolute Gasteiger partial charge is 0.371 e. The van der Waals surface area contributed by atoms with Crippen LogP contribution in [0.2, 0.25) is 0 Å². The van der Waals surface area contributed by atoms with Crippen LogP contribution in [0.15, 0.2) is 60.9 Å². The van der Waals surface area contributed by atoms with E-state index in [-0.39, 0.29) is 0 Å². The van der Waals surface area contributed by atoms with Gasteiger partial charge in [0, 0.05) is 48.6 Å². The molecule has 0 unspecified atom stereocenters. The highest BCUT2D eigenvalue weighted by Crippen LogP contribution is 2.33. The highest BCUT2D eigenvalue weighted by molar-refractivity contribution is 5.95. The molecule has 0 spiro atoms. The monoisotopic (exact) mass is 384 g/mol. The number of nitrogens with zero attached hydrogens (tertiary/aromatic N) is 3. The SMILES string of the molecule is CN(C)CC1CCN(c2ccnc3ccc(-c4ccc5[nH]ccc5c4)cc23)CC1. The number of aromatic amines is 1. The molecule has 5 rings (SSSR count). The molecule has 0 saturated carbocycles. The van der Waals surface area contributed by atoms with Crippen LogP contribution < -0.4 is 4.90 Å². The molecule has 29 heavy (non-hydrogen) atoms. The van der Waals surface area contributed by atoms with Crippen molar-refractivity contribution in [1.82, 2.24) is 14.9 Å².